The van der Waals surface area contributed by atoms with Gasteiger partial charge in [0.05, 0.1) is 17.9 Å². The van der Waals surface area contributed by atoms with E-state index < -0.39 is 0 Å². The summed E-state index contributed by atoms with van der Waals surface area (Å²) in [7, 11) is 1.86. The molecule has 0 saturated carbocycles. The second-order valence-electron chi connectivity index (χ2n) is 5.00. The maximum Gasteiger partial charge on any atom is 0.141 e. The van der Waals surface area contributed by atoms with Gasteiger partial charge < -0.3 is 5.32 Å². The van der Waals surface area contributed by atoms with E-state index in [0.717, 1.165) is 5.69 Å². The van der Waals surface area contributed by atoms with Crippen LogP contribution in [0.1, 0.15) is 38.9 Å². The van der Waals surface area contributed by atoms with Gasteiger partial charge in [-0.1, -0.05) is 5.92 Å². The predicted molar refractivity (Wildman–Crippen MR) is 67.8 cm³/mol. The van der Waals surface area contributed by atoms with Crippen molar-refractivity contribution in [2.45, 2.75) is 33.2 Å². The first-order valence-corrected chi connectivity index (χ1v) is 5.71. The summed E-state index contributed by atoms with van der Waals surface area (Å²) in [4.78, 5) is 4.06. The Morgan fingerprint density at radius 2 is 2.12 bits per heavy atom. The summed E-state index contributed by atoms with van der Waals surface area (Å²) in [6.45, 7) is 6.22. The lowest BCUT2D eigenvalue weighted by molar-refractivity contribution is 0.561. The summed E-state index contributed by atoms with van der Waals surface area (Å²) >= 11 is 0. The van der Waals surface area contributed by atoms with Crippen LogP contribution in [0, 0.1) is 23.1 Å². The third kappa shape index (κ3) is 4.97. The molecule has 0 amide bonds. The highest BCUT2D eigenvalue weighted by Crippen LogP contribution is 2.15. The van der Waals surface area contributed by atoms with Crippen LogP contribution in [0.3, 0.4) is 0 Å². The first-order valence-electron chi connectivity index (χ1n) is 5.71. The molecule has 3 heteroatoms. The summed E-state index contributed by atoms with van der Waals surface area (Å²) < 4.78 is 12.8. The Morgan fingerprint density at radius 3 is 2.59 bits per heavy atom. The third-order valence-corrected chi connectivity index (χ3v) is 2.23. The number of halogens is 1. The molecule has 0 fully saturated rings. The minimum atomic E-state index is -0.315. The highest BCUT2D eigenvalue weighted by Gasteiger charge is 2.09. The molecular weight excluding hydrogens is 215 g/mol. The molecule has 1 N–H and O–H groups in total. The van der Waals surface area contributed by atoms with Crippen LogP contribution in [0.2, 0.25) is 0 Å². The lowest BCUT2D eigenvalue weighted by Crippen LogP contribution is -2.17. The number of nitrogens with one attached hydrogen (secondary N) is 1. The minimum absolute atomic E-state index is 0.00845. The molecule has 0 spiro atoms. The molecule has 0 bridgehead atoms. The molecule has 2 nitrogen and oxygen atoms in total. The van der Waals surface area contributed by atoms with E-state index in [-0.39, 0.29) is 17.3 Å². The van der Waals surface area contributed by atoms with Gasteiger partial charge in [-0.2, -0.15) is 0 Å². The molecule has 0 aromatic carbocycles. The van der Waals surface area contributed by atoms with E-state index in [9.17, 15) is 4.39 Å². The maximum atomic E-state index is 12.8. The SMILES string of the molecule is CNC(CC#CC(C)(C)C)c1ccc(F)cn1. The maximum absolute atomic E-state index is 12.8. The van der Waals surface area contributed by atoms with Crippen LogP contribution < -0.4 is 5.32 Å². The largest absolute Gasteiger partial charge is 0.311 e. The monoisotopic (exact) mass is 234 g/mol. The number of pyridine rings is 1. The molecule has 0 aliphatic heterocycles. The second kappa shape index (κ2) is 5.79. The van der Waals surface area contributed by atoms with Gasteiger partial charge in [0, 0.05) is 11.8 Å². The summed E-state index contributed by atoms with van der Waals surface area (Å²) in [5, 5.41) is 3.14. The molecular formula is C14H19FN2. The van der Waals surface area contributed by atoms with Crippen molar-refractivity contribution in [1.29, 1.82) is 0 Å². The molecule has 0 aliphatic rings. The molecule has 0 saturated heterocycles. The van der Waals surface area contributed by atoms with Gasteiger partial charge in [0.2, 0.25) is 0 Å². The van der Waals surface area contributed by atoms with Crippen LogP contribution in [0.4, 0.5) is 4.39 Å². The van der Waals surface area contributed by atoms with Crippen molar-refractivity contribution in [3.05, 3.63) is 29.8 Å². The zero-order valence-electron chi connectivity index (χ0n) is 10.8. The normalized spacial score (nSPS) is 12.8. The van der Waals surface area contributed by atoms with Gasteiger partial charge in [-0.05, 0) is 40.0 Å². The Balaban J connectivity index is 2.72. The van der Waals surface area contributed by atoms with Crippen LogP contribution in [-0.2, 0) is 0 Å². The van der Waals surface area contributed by atoms with Crippen molar-refractivity contribution in [2.24, 2.45) is 5.41 Å². The number of hydrogen-bond donors (Lipinski definition) is 1. The lowest BCUT2D eigenvalue weighted by atomic mass is 9.97. The zero-order chi connectivity index (χ0) is 12.9. The zero-order valence-corrected chi connectivity index (χ0v) is 10.8. The standard InChI is InChI=1S/C14H19FN2/c1-14(2,3)9-5-6-12(16-4)13-8-7-11(15)10-17-13/h7-8,10,12,16H,6H2,1-4H3. The van der Waals surface area contributed by atoms with Gasteiger partial charge in [0.25, 0.3) is 0 Å². The van der Waals surface area contributed by atoms with Crippen LogP contribution in [0.5, 0.6) is 0 Å². The average Bonchev–Trinajstić information content (AvgIpc) is 2.24. The van der Waals surface area contributed by atoms with Crippen molar-refractivity contribution in [2.75, 3.05) is 7.05 Å². The van der Waals surface area contributed by atoms with Gasteiger partial charge >= 0.3 is 0 Å². The average molecular weight is 234 g/mol. The quantitative estimate of drug-likeness (QED) is 0.813. The van der Waals surface area contributed by atoms with Crippen LogP contribution in [0.25, 0.3) is 0 Å². The van der Waals surface area contributed by atoms with Crippen LogP contribution >= 0.6 is 0 Å². The van der Waals surface area contributed by atoms with Gasteiger partial charge in [-0.3, -0.25) is 4.98 Å². The minimum Gasteiger partial charge on any atom is -0.311 e. The smallest absolute Gasteiger partial charge is 0.141 e. The van der Waals surface area contributed by atoms with E-state index in [1.165, 1.54) is 12.3 Å². The number of nitrogens with zero attached hydrogens (tertiary/aromatic N) is 1. The van der Waals surface area contributed by atoms with Crippen molar-refractivity contribution in [3.8, 4) is 11.8 Å². The van der Waals surface area contributed by atoms with Crippen molar-refractivity contribution in [1.82, 2.24) is 10.3 Å². The Bertz CT molecular complexity index is 407. The van der Waals surface area contributed by atoms with E-state index >= 15 is 0 Å². The molecule has 1 aromatic heterocycles. The summed E-state index contributed by atoms with van der Waals surface area (Å²) in [5.41, 5.74) is 0.825. The third-order valence-electron chi connectivity index (χ3n) is 2.23. The topological polar surface area (TPSA) is 24.9 Å². The number of hydrogen-bond acceptors (Lipinski definition) is 2. The molecule has 1 rings (SSSR count). The summed E-state index contributed by atoms with van der Waals surface area (Å²) in [5.74, 6) is 6.00. The van der Waals surface area contributed by atoms with E-state index in [4.69, 9.17) is 0 Å². The molecule has 17 heavy (non-hydrogen) atoms. The first kappa shape index (κ1) is 13.7. The van der Waals surface area contributed by atoms with E-state index in [1.807, 2.05) is 7.05 Å². The lowest BCUT2D eigenvalue weighted by Gasteiger charge is -2.13. The van der Waals surface area contributed by atoms with Crippen molar-refractivity contribution >= 4 is 0 Å². The molecule has 0 aliphatic carbocycles. The number of aromatic nitrogens is 1. The molecule has 1 atom stereocenters. The fraction of sp³-hybridized carbons (Fsp3) is 0.500. The summed E-state index contributed by atoms with van der Waals surface area (Å²) in [6.07, 6.45) is 1.91. The fourth-order valence-electron chi connectivity index (χ4n) is 1.37. The predicted octanol–water partition coefficient (Wildman–Crippen LogP) is 2.92. The Labute approximate surface area is 103 Å². The van der Waals surface area contributed by atoms with Crippen LogP contribution in [-0.4, -0.2) is 12.0 Å². The van der Waals surface area contributed by atoms with E-state index in [1.54, 1.807) is 6.07 Å². The van der Waals surface area contributed by atoms with E-state index in [2.05, 4.69) is 42.9 Å². The van der Waals surface area contributed by atoms with Crippen LogP contribution in [0.15, 0.2) is 18.3 Å². The van der Waals surface area contributed by atoms with Crippen molar-refractivity contribution in [3.63, 3.8) is 0 Å². The fourth-order valence-corrected chi connectivity index (χ4v) is 1.37. The first-order chi connectivity index (χ1) is 7.92. The highest BCUT2D eigenvalue weighted by molar-refractivity contribution is 5.15. The second-order valence-corrected chi connectivity index (χ2v) is 5.00. The van der Waals surface area contributed by atoms with Gasteiger partial charge in [0.15, 0.2) is 0 Å². The number of rotatable bonds is 3. The van der Waals surface area contributed by atoms with Crippen molar-refractivity contribution < 1.29 is 4.39 Å². The Morgan fingerprint density at radius 1 is 1.41 bits per heavy atom. The van der Waals surface area contributed by atoms with Gasteiger partial charge in [-0.25, -0.2) is 4.39 Å². The van der Waals surface area contributed by atoms with Gasteiger partial charge in [-0.15, -0.1) is 5.92 Å². The van der Waals surface area contributed by atoms with E-state index in [0.29, 0.717) is 6.42 Å². The molecule has 0 radical (unpaired) electrons. The van der Waals surface area contributed by atoms with Gasteiger partial charge in [0.1, 0.15) is 5.82 Å². The highest BCUT2D eigenvalue weighted by atomic mass is 19.1. The summed E-state index contributed by atoms with van der Waals surface area (Å²) in [6, 6.07) is 3.16. The molecule has 1 aromatic rings. The molecule has 1 unspecified atom stereocenters. The molecule has 1 heterocycles. The molecule has 92 valence electrons. The Hall–Kier alpha value is -1.40. The Kier molecular flexibility index (Phi) is 4.65.